The molecule has 0 spiro atoms. The van der Waals surface area contributed by atoms with Gasteiger partial charge in [0.1, 0.15) is 0 Å². The fraction of sp³-hybridized carbons (Fsp3) is 0.588. The summed E-state index contributed by atoms with van der Waals surface area (Å²) in [5, 5.41) is 4.80. The van der Waals surface area contributed by atoms with E-state index >= 15 is 0 Å². The third-order valence-electron chi connectivity index (χ3n) is 4.81. The van der Waals surface area contributed by atoms with E-state index in [1.54, 1.807) is 0 Å². The molecule has 0 N–H and O–H groups in total. The Balaban J connectivity index is 1.78. The number of pyridine rings is 1. The van der Waals surface area contributed by atoms with E-state index in [-0.39, 0.29) is 5.91 Å². The minimum Gasteiger partial charge on any atom is -0.338 e. The second-order valence-corrected chi connectivity index (χ2v) is 6.82. The summed E-state index contributed by atoms with van der Waals surface area (Å²) >= 11 is 0. The lowest BCUT2D eigenvalue weighted by molar-refractivity contribution is 0.0685. The molecule has 0 radical (unpaired) electrons. The normalized spacial score (nSPS) is 22.3. The smallest absolute Gasteiger partial charge is 0.259 e. The van der Waals surface area contributed by atoms with E-state index in [0.29, 0.717) is 17.5 Å². The van der Waals surface area contributed by atoms with Crippen molar-refractivity contribution >= 4 is 17.0 Å². The third kappa shape index (κ3) is 2.28. The van der Waals surface area contributed by atoms with Crippen LogP contribution in [0.15, 0.2) is 10.6 Å². The van der Waals surface area contributed by atoms with E-state index in [1.807, 2.05) is 17.9 Å². The second-order valence-electron chi connectivity index (χ2n) is 6.82. The minimum absolute atomic E-state index is 0.104. The predicted octanol–water partition coefficient (Wildman–Crippen LogP) is 3.28. The molecule has 1 saturated carbocycles. The average Bonchev–Trinajstić information content (AvgIpc) is 3.30. The Kier molecular flexibility index (Phi) is 3.17. The van der Waals surface area contributed by atoms with E-state index in [0.717, 1.165) is 54.7 Å². The fourth-order valence-electron chi connectivity index (χ4n) is 3.41. The quantitative estimate of drug-likeness (QED) is 0.854. The summed E-state index contributed by atoms with van der Waals surface area (Å²) < 4.78 is 5.33. The first-order valence-electron chi connectivity index (χ1n) is 8.19. The summed E-state index contributed by atoms with van der Waals surface area (Å²) in [6.45, 7) is 5.77. The van der Waals surface area contributed by atoms with Gasteiger partial charge < -0.3 is 9.42 Å². The van der Waals surface area contributed by atoms with Gasteiger partial charge in [-0.2, -0.15) is 0 Å². The zero-order valence-corrected chi connectivity index (χ0v) is 13.1. The Morgan fingerprint density at radius 1 is 1.36 bits per heavy atom. The van der Waals surface area contributed by atoms with Crippen LogP contribution in [-0.2, 0) is 0 Å². The van der Waals surface area contributed by atoms with E-state index < -0.39 is 0 Å². The van der Waals surface area contributed by atoms with E-state index in [2.05, 4.69) is 17.1 Å². The van der Waals surface area contributed by atoms with Crippen molar-refractivity contribution in [2.75, 3.05) is 13.1 Å². The number of carbonyl (C=O) groups is 1. The van der Waals surface area contributed by atoms with Crippen molar-refractivity contribution in [3.05, 3.63) is 23.0 Å². The van der Waals surface area contributed by atoms with Gasteiger partial charge in [-0.15, -0.1) is 0 Å². The van der Waals surface area contributed by atoms with Crippen LogP contribution in [0.5, 0.6) is 0 Å². The van der Waals surface area contributed by atoms with Crippen molar-refractivity contribution < 1.29 is 9.32 Å². The van der Waals surface area contributed by atoms with Crippen molar-refractivity contribution in [1.29, 1.82) is 0 Å². The topological polar surface area (TPSA) is 59.2 Å². The van der Waals surface area contributed by atoms with Crippen LogP contribution in [0.4, 0.5) is 0 Å². The van der Waals surface area contributed by atoms with Crippen LogP contribution in [-0.4, -0.2) is 34.0 Å². The number of fused-ring (bicyclic) bond motifs is 1. The Labute approximate surface area is 129 Å². The van der Waals surface area contributed by atoms with Gasteiger partial charge >= 0.3 is 0 Å². The zero-order valence-electron chi connectivity index (χ0n) is 13.1. The Morgan fingerprint density at radius 3 is 2.91 bits per heavy atom. The molecule has 116 valence electrons. The molecule has 4 rings (SSSR count). The van der Waals surface area contributed by atoms with Crippen molar-refractivity contribution in [3.63, 3.8) is 0 Å². The van der Waals surface area contributed by atoms with Crippen LogP contribution < -0.4 is 0 Å². The summed E-state index contributed by atoms with van der Waals surface area (Å²) in [7, 11) is 0. The Hall–Kier alpha value is -1.91. The molecule has 0 unspecified atom stereocenters. The molecule has 3 heterocycles. The predicted molar refractivity (Wildman–Crippen MR) is 82.8 cm³/mol. The monoisotopic (exact) mass is 299 g/mol. The Bertz CT molecular complexity index is 733. The van der Waals surface area contributed by atoms with Gasteiger partial charge in [-0.3, -0.25) is 4.79 Å². The van der Waals surface area contributed by atoms with Gasteiger partial charge in [-0.05, 0) is 44.6 Å². The molecule has 1 atom stereocenters. The number of aryl methyl sites for hydroxylation is 1. The SMILES string of the molecule is Cc1noc2nc(C3CC3)cc(C(=O)N3CCC[C@@H](C)C3)c12. The number of aromatic nitrogens is 2. The fourth-order valence-corrected chi connectivity index (χ4v) is 3.41. The molecule has 1 saturated heterocycles. The van der Waals surface area contributed by atoms with E-state index in [4.69, 9.17) is 4.52 Å². The summed E-state index contributed by atoms with van der Waals surface area (Å²) in [4.78, 5) is 19.6. The van der Waals surface area contributed by atoms with Crippen LogP contribution >= 0.6 is 0 Å². The third-order valence-corrected chi connectivity index (χ3v) is 4.81. The number of piperidine rings is 1. The molecule has 1 aliphatic carbocycles. The summed E-state index contributed by atoms with van der Waals surface area (Å²) in [6.07, 6.45) is 4.59. The van der Waals surface area contributed by atoms with Gasteiger partial charge in [0, 0.05) is 24.7 Å². The summed E-state index contributed by atoms with van der Waals surface area (Å²) in [6, 6.07) is 1.98. The molecule has 2 fully saturated rings. The van der Waals surface area contributed by atoms with Gasteiger partial charge in [0.2, 0.25) is 0 Å². The molecule has 2 aromatic heterocycles. The molecule has 0 aromatic carbocycles. The van der Waals surface area contributed by atoms with Crippen LogP contribution in [0, 0.1) is 12.8 Å². The molecule has 5 nitrogen and oxygen atoms in total. The van der Waals surface area contributed by atoms with Crippen LogP contribution in [0.3, 0.4) is 0 Å². The summed E-state index contributed by atoms with van der Waals surface area (Å²) in [5.74, 6) is 1.16. The number of amides is 1. The number of hydrogen-bond donors (Lipinski definition) is 0. The number of rotatable bonds is 2. The first-order chi connectivity index (χ1) is 10.6. The molecule has 0 bridgehead atoms. The molecular weight excluding hydrogens is 278 g/mol. The highest BCUT2D eigenvalue weighted by molar-refractivity contribution is 6.06. The van der Waals surface area contributed by atoms with Crippen molar-refractivity contribution in [3.8, 4) is 0 Å². The number of nitrogens with zero attached hydrogens (tertiary/aromatic N) is 3. The van der Waals surface area contributed by atoms with Crippen LogP contribution in [0.2, 0.25) is 0 Å². The molecule has 2 aliphatic rings. The number of likely N-dealkylation sites (tertiary alicyclic amines) is 1. The largest absolute Gasteiger partial charge is 0.338 e. The second kappa shape index (κ2) is 5.07. The Morgan fingerprint density at radius 2 is 2.18 bits per heavy atom. The lowest BCUT2D eigenvalue weighted by Gasteiger charge is -2.31. The van der Waals surface area contributed by atoms with E-state index in [9.17, 15) is 4.79 Å². The maximum Gasteiger partial charge on any atom is 0.259 e. The van der Waals surface area contributed by atoms with Gasteiger partial charge in [0.15, 0.2) is 0 Å². The first kappa shape index (κ1) is 13.7. The molecule has 22 heavy (non-hydrogen) atoms. The maximum absolute atomic E-state index is 13.0. The van der Waals surface area contributed by atoms with Crippen LogP contribution in [0.25, 0.3) is 11.1 Å². The lowest BCUT2D eigenvalue weighted by Crippen LogP contribution is -2.39. The molecule has 1 amide bonds. The van der Waals surface area contributed by atoms with Crippen molar-refractivity contribution in [2.45, 2.75) is 45.4 Å². The summed E-state index contributed by atoms with van der Waals surface area (Å²) in [5.41, 5.74) is 2.96. The molecular formula is C17H21N3O2. The molecule has 5 heteroatoms. The average molecular weight is 299 g/mol. The van der Waals surface area contributed by atoms with Crippen molar-refractivity contribution in [2.24, 2.45) is 5.92 Å². The van der Waals surface area contributed by atoms with Gasteiger partial charge in [0.25, 0.3) is 11.6 Å². The lowest BCUT2D eigenvalue weighted by atomic mass is 9.98. The highest BCUT2D eigenvalue weighted by Gasteiger charge is 2.30. The number of carbonyl (C=O) groups excluding carboxylic acids is 1. The highest BCUT2D eigenvalue weighted by Crippen LogP contribution is 2.40. The molecule has 1 aliphatic heterocycles. The van der Waals surface area contributed by atoms with Crippen molar-refractivity contribution in [1.82, 2.24) is 15.0 Å². The first-order valence-corrected chi connectivity index (χ1v) is 8.19. The van der Waals surface area contributed by atoms with Gasteiger partial charge in [-0.1, -0.05) is 12.1 Å². The number of hydrogen-bond acceptors (Lipinski definition) is 4. The van der Waals surface area contributed by atoms with Crippen LogP contribution in [0.1, 0.15) is 60.3 Å². The van der Waals surface area contributed by atoms with Gasteiger partial charge in [0.05, 0.1) is 16.6 Å². The standard InChI is InChI=1S/C17H21N3O2/c1-10-4-3-7-20(9-10)17(21)13-8-14(12-5-6-12)18-16-15(13)11(2)19-22-16/h8,10,12H,3-7,9H2,1-2H3/t10-/m1/s1. The minimum atomic E-state index is 0.104. The molecule has 2 aromatic rings. The highest BCUT2D eigenvalue weighted by atomic mass is 16.5. The zero-order chi connectivity index (χ0) is 15.3. The maximum atomic E-state index is 13.0. The van der Waals surface area contributed by atoms with E-state index in [1.165, 1.54) is 6.42 Å². The van der Waals surface area contributed by atoms with Gasteiger partial charge in [-0.25, -0.2) is 4.98 Å².